The number of benzene rings is 1. The van der Waals surface area contributed by atoms with Crippen LogP contribution >= 0.6 is 11.6 Å². The van der Waals surface area contributed by atoms with Gasteiger partial charge in [-0.05, 0) is 43.9 Å². The Morgan fingerprint density at radius 3 is 2.38 bits per heavy atom. The lowest BCUT2D eigenvalue weighted by molar-refractivity contribution is -0.164. The molecule has 1 fully saturated rings. The Morgan fingerprint density at radius 1 is 1.21 bits per heavy atom. The highest BCUT2D eigenvalue weighted by Crippen LogP contribution is 2.32. The predicted octanol–water partition coefficient (Wildman–Crippen LogP) is 1.88. The average molecular weight is 579 g/mol. The highest BCUT2D eigenvalue weighted by molar-refractivity contribution is 6.30. The van der Waals surface area contributed by atoms with Crippen molar-refractivity contribution in [3.63, 3.8) is 0 Å². The van der Waals surface area contributed by atoms with Gasteiger partial charge in [-0.1, -0.05) is 23.7 Å². The number of piperidine rings is 1. The van der Waals surface area contributed by atoms with Gasteiger partial charge in [0.2, 0.25) is 17.7 Å². The maximum absolute atomic E-state index is 13.4. The van der Waals surface area contributed by atoms with Crippen LogP contribution in [0.2, 0.25) is 5.02 Å². The number of ether oxygens (including phenoxy) is 1. The zero-order valence-electron chi connectivity index (χ0n) is 21.7. The van der Waals surface area contributed by atoms with E-state index in [1.807, 2.05) is 0 Å². The summed E-state index contributed by atoms with van der Waals surface area (Å²) in [6, 6.07) is 4.69. The Hall–Kier alpha value is -2.90. The maximum atomic E-state index is 13.4. The zero-order valence-corrected chi connectivity index (χ0v) is 22.5. The van der Waals surface area contributed by atoms with Crippen molar-refractivity contribution in [3.05, 3.63) is 34.9 Å². The number of aliphatic carboxylic acids is 1. The first-order chi connectivity index (χ1) is 18.1. The van der Waals surface area contributed by atoms with Gasteiger partial charge < -0.3 is 31.1 Å². The topological polar surface area (TPSA) is 151 Å². The molecule has 39 heavy (non-hydrogen) atoms. The van der Waals surface area contributed by atoms with E-state index in [0.29, 0.717) is 17.9 Å². The molecule has 4 atom stereocenters. The van der Waals surface area contributed by atoms with E-state index in [4.69, 9.17) is 27.2 Å². The van der Waals surface area contributed by atoms with Crippen LogP contribution < -0.4 is 16.4 Å². The van der Waals surface area contributed by atoms with E-state index in [-0.39, 0.29) is 26.1 Å². The molecule has 0 aliphatic carbocycles. The van der Waals surface area contributed by atoms with Crippen molar-refractivity contribution < 1.29 is 42.2 Å². The number of likely N-dealkylation sites (tertiary alicyclic amines) is 1. The van der Waals surface area contributed by atoms with E-state index < -0.39 is 66.2 Å². The molecule has 1 aromatic carbocycles. The Balaban J connectivity index is 2.38. The van der Waals surface area contributed by atoms with Crippen LogP contribution in [0.3, 0.4) is 0 Å². The number of methoxy groups -OCH3 is 1. The Kier molecular flexibility index (Phi) is 11.6. The van der Waals surface area contributed by atoms with E-state index in [1.165, 1.54) is 18.9 Å². The van der Waals surface area contributed by atoms with Crippen LogP contribution in [0.4, 0.5) is 13.2 Å². The molecular weight excluding hydrogens is 545 g/mol. The molecule has 1 aliphatic rings. The van der Waals surface area contributed by atoms with E-state index in [1.54, 1.807) is 24.3 Å². The number of nitrogens with one attached hydrogen (secondary N) is 2. The number of rotatable bonds is 12. The first-order valence-corrected chi connectivity index (χ1v) is 12.7. The molecule has 5 N–H and O–H groups in total. The fourth-order valence-electron chi connectivity index (χ4n) is 4.60. The van der Waals surface area contributed by atoms with Gasteiger partial charge in [-0.3, -0.25) is 19.2 Å². The van der Waals surface area contributed by atoms with Crippen LogP contribution in [-0.4, -0.2) is 84.3 Å². The molecule has 0 bridgehead atoms. The summed E-state index contributed by atoms with van der Waals surface area (Å²) in [6.07, 6.45) is -6.44. The van der Waals surface area contributed by atoms with Crippen LogP contribution in [-0.2, 0) is 30.3 Å². The lowest BCUT2D eigenvalue weighted by atomic mass is 9.82. The number of carboxylic acid groups (broad SMARTS) is 1. The highest BCUT2D eigenvalue weighted by atomic mass is 35.5. The normalized spacial score (nSPS) is 20.0. The molecule has 14 heteroatoms. The molecule has 0 saturated carbocycles. The number of alkyl halides is 3. The number of hydrogen-bond acceptors (Lipinski definition) is 6. The second-order valence-corrected chi connectivity index (χ2v) is 10.3. The first-order valence-electron chi connectivity index (χ1n) is 12.3. The van der Waals surface area contributed by atoms with Gasteiger partial charge in [0.05, 0.1) is 36.9 Å². The number of carboxylic acids is 1. The number of hydrogen-bond donors (Lipinski definition) is 4. The molecule has 1 saturated heterocycles. The number of carbonyl (C=O) groups is 4. The van der Waals surface area contributed by atoms with Gasteiger partial charge in [-0.15, -0.1) is 0 Å². The second kappa shape index (κ2) is 13.9. The number of nitrogens with two attached hydrogens (primary N) is 1. The van der Waals surface area contributed by atoms with Crippen LogP contribution in [0, 0.1) is 5.92 Å². The Labute approximate surface area is 229 Å². The zero-order chi connectivity index (χ0) is 29.4. The summed E-state index contributed by atoms with van der Waals surface area (Å²) < 4.78 is 44.6. The minimum absolute atomic E-state index is 0.0912. The van der Waals surface area contributed by atoms with Crippen LogP contribution in [0.15, 0.2) is 24.3 Å². The number of carbonyl (C=O) groups excluding carboxylic acids is 3. The fraction of sp³-hybridized carbons (Fsp3) is 0.600. The highest BCUT2D eigenvalue weighted by Gasteiger charge is 2.44. The van der Waals surface area contributed by atoms with Crippen molar-refractivity contribution in [3.8, 4) is 0 Å². The van der Waals surface area contributed by atoms with Crippen molar-refractivity contribution in [1.82, 2.24) is 15.5 Å². The third-order valence-corrected chi connectivity index (χ3v) is 6.61. The second-order valence-electron chi connectivity index (χ2n) is 9.86. The lowest BCUT2D eigenvalue weighted by Crippen LogP contribution is -2.65. The Morgan fingerprint density at radius 2 is 1.85 bits per heavy atom. The lowest BCUT2D eigenvalue weighted by Gasteiger charge is -2.45. The first kappa shape index (κ1) is 32.3. The minimum atomic E-state index is -4.74. The molecule has 0 radical (unpaired) electrons. The van der Waals surface area contributed by atoms with E-state index >= 15 is 0 Å². The molecule has 1 aliphatic heterocycles. The molecule has 218 valence electrons. The average Bonchev–Trinajstić information content (AvgIpc) is 2.83. The molecule has 3 unspecified atom stereocenters. The van der Waals surface area contributed by atoms with Crippen molar-refractivity contribution in [2.24, 2.45) is 11.7 Å². The largest absolute Gasteiger partial charge is 0.481 e. The monoisotopic (exact) mass is 578 g/mol. The number of nitrogens with zero attached hydrogens (tertiary/aromatic N) is 1. The summed E-state index contributed by atoms with van der Waals surface area (Å²) >= 11 is 5.99. The van der Waals surface area contributed by atoms with Crippen LogP contribution in [0.1, 0.15) is 38.2 Å². The van der Waals surface area contributed by atoms with Crippen LogP contribution in [0.5, 0.6) is 0 Å². The van der Waals surface area contributed by atoms with Gasteiger partial charge in [0.15, 0.2) is 0 Å². The minimum Gasteiger partial charge on any atom is -0.481 e. The Bertz CT molecular complexity index is 1020. The summed E-state index contributed by atoms with van der Waals surface area (Å²) in [5.41, 5.74) is 5.19. The van der Waals surface area contributed by atoms with Crippen LogP contribution in [0.25, 0.3) is 0 Å². The summed E-state index contributed by atoms with van der Waals surface area (Å²) in [7, 11) is 1.34. The van der Waals surface area contributed by atoms with Gasteiger partial charge in [0, 0.05) is 25.2 Å². The van der Waals surface area contributed by atoms with E-state index in [0.717, 1.165) is 5.56 Å². The molecular formula is C25H34ClF3N4O6. The molecule has 3 amide bonds. The van der Waals surface area contributed by atoms with Gasteiger partial charge >= 0.3 is 12.1 Å². The number of halogens is 4. The van der Waals surface area contributed by atoms with E-state index in [2.05, 4.69) is 10.6 Å². The molecule has 1 heterocycles. The van der Waals surface area contributed by atoms with E-state index in [9.17, 15) is 32.3 Å². The van der Waals surface area contributed by atoms with Crippen molar-refractivity contribution in [2.45, 2.75) is 62.8 Å². The fourth-order valence-corrected chi connectivity index (χ4v) is 4.73. The summed E-state index contributed by atoms with van der Waals surface area (Å²) in [6.45, 7) is 1.18. The molecule has 0 spiro atoms. The summed E-state index contributed by atoms with van der Waals surface area (Å²) in [5.74, 6) is -5.52. The van der Waals surface area contributed by atoms with Gasteiger partial charge in [0.1, 0.15) is 6.04 Å². The third-order valence-electron chi connectivity index (χ3n) is 6.36. The van der Waals surface area contributed by atoms with Crippen molar-refractivity contribution >= 4 is 35.3 Å². The molecule has 10 nitrogen and oxygen atoms in total. The van der Waals surface area contributed by atoms with Crippen molar-refractivity contribution in [1.29, 1.82) is 0 Å². The summed E-state index contributed by atoms with van der Waals surface area (Å²) in [4.78, 5) is 51.1. The number of amides is 3. The molecule has 1 aromatic rings. The predicted molar refractivity (Wildman–Crippen MR) is 136 cm³/mol. The molecule has 0 aromatic heterocycles. The maximum Gasteiger partial charge on any atom is 0.389 e. The SMILES string of the molecule is COCC(NC(=O)C(C)N)C(=O)N[C@@]1(Cc2ccc(Cl)cc2)CCCN(C(=O)C(CC(=O)O)CC(F)(F)F)C1. The standard InChI is InChI=1S/C25H34ClF3N4O6/c1-15(30)21(36)31-19(13-39-2)22(37)32-24(11-16-4-6-18(26)7-5-16)8-3-9-33(14-24)23(38)17(10-20(34)35)12-25(27,28)29/h4-7,15,17,19H,3,8-14,30H2,1-2H3,(H,31,36)(H,32,37)(H,34,35)/t15?,17?,19?,24-/m1/s1. The van der Waals surface area contributed by atoms with Gasteiger partial charge in [-0.25, -0.2) is 0 Å². The van der Waals surface area contributed by atoms with Gasteiger partial charge in [-0.2, -0.15) is 13.2 Å². The molecule has 2 rings (SSSR count). The van der Waals surface area contributed by atoms with Crippen molar-refractivity contribution in [2.75, 3.05) is 26.8 Å². The van der Waals surface area contributed by atoms with Gasteiger partial charge in [0.25, 0.3) is 0 Å². The smallest absolute Gasteiger partial charge is 0.389 e. The third kappa shape index (κ3) is 10.3. The quantitative estimate of drug-likeness (QED) is 0.296. The summed E-state index contributed by atoms with van der Waals surface area (Å²) in [5, 5.41) is 15.0.